The molecule has 0 amide bonds. The molecule has 0 aliphatic carbocycles. The van der Waals surface area contributed by atoms with Crippen molar-refractivity contribution < 1.29 is 18.5 Å². The van der Waals surface area contributed by atoms with Crippen molar-refractivity contribution in [3.63, 3.8) is 0 Å². The van der Waals surface area contributed by atoms with Gasteiger partial charge in [-0.25, -0.2) is 4.57 Å². The van der Waals surface area contributed by atoms with Gasteiger partial charge in [-0.05, 0) is 51.7 Å². The van der Waals surface area contributed by atoms with Gasteiger partial charge in [0.05, 0.1) is 13.2 Å². The summed E-state index contributed by atoms with van der Waals surface area (Å²) in [5.74, 6) is 0. The molecule has 0 aromatic carbocycles. The van der Waals surface area contributed by atoms with Gasteiger partial charge in [-0.15, -0.1) is 0 Å². The van der Waals surface area contributed by atoms with Gasteiger partial charge in [-0.2, -0.15) is 0 Å². The standard InChI is InChI=1S/C9H19N.C8H19O4P/c1-2-3-7-10-8-5-4-6-9-10;1-3-5-7-11-13(9,10)12-8-6-4-2/h2-9H2,1H3;3-8H2,1-2H3,(H,9,10). The fourth-order valence-electron chi connectivity index (χ4n) is 2.25. The van der Waals surface area contributed by atoms with Crippen LogP contribution in [-0.4, -0.2) is 42.6 Å². The Bertz CT molecular complexity index is 282. The second-order valence-electron chi connectivity index (χ2n) is 6.10. The minimum Gasteiger partial charge on any atom is -0.303 e. The Kier molecular flexibility index (Phi) is 15.6. The number of likely N-dealkylation sites (tertiary alicyclic amines) is 1. The van der Waals surface area contributed by atoms with Crippen LogP contribution in [0.5, 0.6) is 0 Å². The van der Waals surface area contributed by atoms with Crippen molar-refractivity contribution in [3.8, 4) is 0 Å². The normalized spacial score (nSPS) is 16.0. The molecule has 1 aliphatic rings. The first-order valence-electron chi connectivity index (χ1n) is 9.40. The molecule has 6 heteroatoms. The van der Waals surface area contributed by atoms with Gasteiger partial charge in [-0.3, -0.25) is 9.05 Å². The molecule has 1 N–H and O–H groups in total. The maximum Gasteiger partial charge on any atom is 0.472 e. The molecule has 1 fully saturated rings. The summed E-state index contributed by atoms with van der Waals surface area (Å²) in [7, 11) is -3.75. The summed E-state index contributed by atoms with van der Waals surface area (Å²) >= 11 is 0. The lowest BCUT2D eigenvalue weighted by atomic mass is 10.1. The smallest absolute Gasteiger partial charge is 0.303 e. The number of unbranched alkanes of at least 4 members (excludes halogenated alkanes) is 3. The average molecular weight is 351 g/mol. The third-order valence-corrected chi connectivity index (χ3v) is 4.80. The lowest BCUT2D eigenvalue weighted by Gasteiger charge is -2.25. The molecule has 140 valence electrons. The van der Waals surface area contributed by atoms with Gasteiger partial charge in [0.2, 0.25) is 0 Å². The molecule has 0 radical (unpaired) electrons. The second kappa shape index (κ2) is 15.6. The van der Waals surface area contributed by atoms with E-state index < -0.39 is 7.82 Å². The first-order chi connectivity index (χ1) is 11.1. The lowest BCUT2D eigenvalue weighted by molar-refractivity contribution is 0.146. The highest BCUT2D eigenvalue weighted by molar-refractivity contribution is 7.47. The number of piperidine rings is 1. The minimum atomic E-state index is -3.75. The van der Waals surface area contributed by atoms with Crippen molar-refractivity contribution >= 4 is 7.82 Å². The molecule has 0 aromatic rings. The van der Waals surface area contributed by atoms with Crippen molar-refractivity contribution in [2.75, 3.05) is 32.8 Å². The lowest BCUT2D eigenvalue weighted by Crippen LogP contribution is -2.30. The maximum absolute atomic E-state index is 11.1. The summed E-state index contributed by atoms with van der Waals surface area (Å²) in [6.07, 6.45) is 10.5. The zero-order valence-corrected chi connectivity index (χ0v) is 16.4. The Balaban J connectivity index is 0.000000433. The van der Waals surface area contributed by atoms with Crippen molar-refractivity contribution in [2.24, 2.45) is 0 Å². The number of hydrogen-bond acceptors (Lipinski definition) is 4. The fourth-order valence-corrected chi connectivity index (χ4v) is 3.04. The third kappa shape index (κ3) is 15.3. The largest absolute Gasteiger partial charge is 0.472 e. The first kappa shape index (κ1) is 23.1. The molecular weight excluding hydrogens is 313 g/mol. The van der Waals surface area contributed by atoms with Crippen LogP contribution in [0.15, 0.2) is 0 Å². The number of nitrogens with zero attached hydrogens (tertiary/aromatic N) is 1. The molecule has 1 saturated heterocycles. The highest BCUT2D eigenvalue weighted by Gasteiger charge is 2.19. The molecule has 0 spiro atoms. The van der Waals surface area contributed by atoms with Gasteiger partial charge in [0.15, 0.2) is 0 Å². The summed E-state index contributed by atoms with van der Waals surface area (Å²) in [5, 5.41) is 0. The van der Waals surface area contributed by atoms with Crippen LogP contribution in [0.3, 0.4) is 0 Å². The van der Waals surface area contributed by atoms with Gasteiger partial charge in [0.1, 0.15) is 0 Å². The average Bonchev–Trinajstić information content (AvgIpc) is 2.55. The third-order valence-electron chi connectivity index (χ3n) is 3.78. The van der Waals surface area contributed by atoms with E-state index >= 15 is 0 Å². The summed E-state index contributed by atoms with van der Waals surface area (Å²) in [5.41, 5.74) is 0. The van der Waals surface area contributed by atoms with Gasteiger partial charge in [-0.1, -0.05) is 46.5 Å². The summed E-state index contributed by atoms with van der Waals surface area (Å²) in [4.78, 5) is 11.7. The van der Waals surface area contributed by atoms with E-state index in [4.69, 9.17) is 13.9 Å². The minimum absolute atomic E-state index is 0.288. The zero-order chi connectivity index (χ0) is 17.4. The van der Waals surface area contributed by atoms with Crippen molar-refractivity contribution in [3.05, 3.63) is 0 Å². The molecule has 0 unspecified atom stereocenters. The molecule has 0 atom stereocenters. The van der Waals surface area contributed by atoms with Crippen LogP contribution in [0.4, 0.5) is 0 Å². The Labute approximate surface area is 143 Å². The fraction of sp³-hybridized carbons (Fsp3) is 1.00. The van der Waals surface area contributed by atoms with Crippen LogP contribution in [0.2, 0.25) is 0 Å². The van der Waals surface area contributed by atoms with E-state index in [9.17, 15) is 4.57 Å². The van der Waals surface area contributed by atoms with Gasteiger partial charge in [0.25, 0.3) is 0 Å². The monoisotopic (exact) mass is 351 g/mol. The number of rotatable bonds is 11. The Morgan fingerprint density at radius 3 is 1.78 bits per heavy atom. The van der Waals surface area contributed by atoms with Gasteiger partial charge >= 0.3 is 7.82 Å². The molecule has 5 nitrogen and oxygen atoms in total. The summed E-state index contributed by atoms with van der Waals surface area (Å²) < 4.78 is 20.5. The highest BCUT2D eigenvalue weighted by Crippen LogP contribution is 2.43. The number of phosphoric acid groups is 1. The molecular formula is C17H38NO4P. The second-order valence-corrected chi connectivity index (χ2v) is 7.55. The van der Waals surface area contributed by atoms with Gasteiger partial charge < -0.3 is 9.79 Å². The van der Waals surface area contributed by atoms with Gasteiger partial charge in [0, 0.05) is 0 Å². The van der Waals surface area contributed by atoms with Crippen LogP contribution in [-0.2, 0) is 13.6 Å². The van der Waals surface area contributed by atoms with Crippen LogP contribution in [0, 0.1) is 0 Å². The van der Waals surface area contributed by atoms with E-state index in [0.29, 0.717) is 0 Å². The molecule has 1 rings (SSSR count). The number of hydrogen-bond donors (Lipinski definition) is 1. The quantitative estimate of drug-likeness (QED) is 0.420. The molecule has 0 aromatic heterocycles. The molecule has 0 saturated carbocycles. The topological polar surface area (TPSA) is 59.0 Å². The van der Waals surface area contributed by atoms with E-state index in [1.165, 1.54) is 51.7 Å². The maximum atomic E-state index is 11.1. The highest BCUT2D eigenvalue weighted by atomic mass is 31.2. The van der Waals surface area contributed by atoms with Crippen LogP contribution >= 0.6 is 7.82 Å². The van der Waals surface area contributed by atoms with Crippen molar-refractivity contribution in [2.45, 2.75) is 78.6 Å². The van der Waals surface area contributed by atoms with E-state index in [-0.39, 0.29) is 13.2 Å². The number of phosphoric ester groups is 1. The van der Waals surface area contributed by atoms with Crippen LogP contribution in [0.1, 0.15) is 78.6 Å². The van der Waals surface area contributed by atoms with Crippen molar-refractivity contribution in [1.29, 1.82) is 0 Å². The predicted molar refractivity (Wildman–Crippen MR) is 96.7 cm³/mol. The SMILES string of the molecule is CCCCN1CCCCC1.CCCCOP(=O)(O)OCCCC. The van der Waals surface area contributed by atoms with E-state index in [1.54, 1.807) is 0 Å². The first-order valence-corrected chi connectivity index (χ1v) is 10.9. The Morgan fingerprint density at radius 1 is 0.870 bits per heavy atom. The van der Waals surface area contributed by atoms with Crippen LogP contribution < -0.4 is 0 Å². The Hall–Kier alpha value is 0.0700. The summed E-state index contributed by atoms with van der Waals surface area (Å²) in [6, 6.07) is 0. The molecule has 1 aliphatic heterocycles. The van der Waals surface area contributed by atoms with E-state index in [1.807, 2.05) is 13.8 Å². The van der Waals surface area contributed by atoms with Crippen molar-refractivity contribution in [1.82, 2.24) is 4.90 Å². The Morgan fingerprint density at radius 2 is 1.35 bits per heavy atom. The molecule has 23 heavy (non-hydrogen) atoms. The summed E-state index contributed by atoms with van der Waals surface area (Å²) in [6.45, 7) is 10.9. The van der Waals surface area contributed by atoms with Crippen LogP contribution in [0.25, 0.3) is 0 Å². The molecule has 1 heterocycles. The van der Waals surface area contributed by atoms with E-state index in [2.05, 4.69) is 11.8 Å². The zero-order valence-electron chi connectivity index (χ0n) is 15.5. The molecule has 0 bridgehead atoms. The predicted octanol–water partition coefficient (Wildman–Crippen LogP) is 4.99. The van der Waals surface area contributed by atoms with E-state index in [0.717, 1.165) is 25.7 Å².